The van der Waals surface area contributed by atoms with Gasteiger partial charge in [0, 0.05) is 47.5 Å². The minimum absolute atomic E-state index is 0.543. The third kappa shape index (κ3) is 3.94. The highest BCUT2D eigenvalue weighted by Gasteiger charge is 2.29. The molecule has 154 valence electrons. The number of rotatable bonds is 4. The Morgan fingerprint density at radius 1 is 1.10 bits per heavy atom. The van der Waals surface area contributed by atoms with Crippen molar-refractivity contribution in [3.8, 4) is 0 Å². The number of aromatic nitrogens is 1. The van der Waals surface area contributed by atoms with E-state index in [2.05, 4.69) is 71.6 Å². The van der Waals surface area contributed by atoms with Gasteiger partial charge >= 0.3 is 0 Å². The highest BCUT2D eigenvalue weighted by atomic mass is 32.2. The van der Waals surface area contributed by atoms with Gasteiger partial charge in [0.2, 0.25) is 0 Å². The zero-order chi connectivity index (χ0) is 20.5. The van der Waals surface area contributed by atoms with Gasteiger partial charge in [0.1, 0.15) is 0 Å². The van der Waals surface area contributed by atoms with Crippen LogP contribution in [0.3, 0.4) is 0 Å². The highest BCUT2D eigenvalue weighted by Crippen LogP contribution is 2.38. The molecule has 0 aliphatic carbocycles. The van der Waals surface area contributed by atoms with Crippen LogP contribution in [0.2, 0.25) is 0 Å². The summed E-state index contributed by atoms with van der Waals surface area (Å²) in [6.45, 7) is 5.39. The molecule has 0 spiro atoms. The van der Waals surface area contributed by atoms with Crippen molar-refractivity contribution >= 4 is 34.2 Å². The van der Waals surface area contributed by atoms with Gasteiger partial charge in [0.25, 0.3) is 0 Å². The minimum Gasteiger partial charge on any atom is -0.366 e. The van der Waals surface area contributed by atoms with Crippen molar-refractivity contribution in [2.45, 2.75) is 30.0 Å². The van der Waals surface area contributed by atoms with Gasteiger partial charge in [0.15, 0.2) is 0 Å². The molecule has 1 unspecified atom stereocenters. The molecule has 3 nitrogen and oxygen atoms in total. The first-order valence-electron chi connectivity index (χ1n) is 10.6. The zero-order valence-electron chi connectivity index (χ0n) is 17.5. The number of nitrogens with zero attached hydrogens (tertiary/aromatic N) is 3. The quantitative estimate of drug-likeness (QED) is 0.625. The topological polar surface area (TPSA) is 19.4 Å². The Morgan fingerprint density at radius 3 is 2.83 bits per heavy atom. The third-order valence-electron chi connectivity index (χ3n) is 6.13. The largest absolute Gasteiger partial charge is 0.366 e. The van der Waals surface area contributed by atoms with E-state index in [4.69, 9.17) is 4.98 Å². The predicted molar refractivity (Wildman–Crippen MR) is 128 cm³/mol. The molecule has 1 fully saturated rings. The lowest BCUT2D eigenvalue weighted by Crippen LogP contribution is -2.52. The molecule has 30 heavy (non-hydrogen) atoms. The van der Waals surface area contributed by atoms with Gasteiger partial charge in [-0.05, 0) is 49.9 Å². The number of likely N-dealkylation sites (N-methyl/N-ethyl adjacent to an activating group) is 1. The van der Waals surface area contributed by atoms with E-state index in [1.165, 1.54) is 37.5 Å². The Balaban J connectivity index is 1.49. The number of thiophene rings is 1. The molecular formula is C25H27N3S2. The van der Waals surface area contributed by atoms with Crippen LogP contribution in [0.25, 0.3) is 11.1 Å². The van der Waals surface area contributed by atoms with Crippen molar-refractivity contribution in [2.75, 3.05) is 26.7 Å². The number of thioether (sulfide) groups is 1. The molecule has 0 bridgehead atoms. The fourth-order valence-corrected chi connectivity index (χ4v) is 6.63. The van der Waals surface area contributed by atoms with Crippen LogP contribution in [-0.4, -0.2) is 47.5 Å². The lowest BCUT2D eigenvalue weighted by molar-refractivity contribution is 0.127. The molecule has 2 aliphatic rings. The predicted octanol–water partition coefficient (Wildman–Crippen LogP) is 3.70. The van der Waals surface area contributed by atoms with E-state index in [1.807, 2.05) is 35.4 Å². The van der Waals surface area contributed by atoms with Gasteiger partial charge in [-0.25, -0.2) is 0 Å². The number of hydrogen-bond acceptors (Lipinski definition) is 5. The molecule has 2 aliphatic heterocycles. The smallest absolute Gasteiger partial charge is 0.0947 e. The molecule has 0 saturated carbocycles. The molecular weight excluding hydrogens is 406 g/mol. The van der Waals surface area contributed by atoms with E-state index < -0.39 is 0 Å². The van der Waals surface area contributed by atoms with E-state index in [0.29, 0.717) is 6.04 Å². The van der Waals surface area contributed by atoms with E-state index in [9.17, 15) is 0 Å². The van der Waals surface area contributed by atoms with E-state index in [1.54, 1.807) is 0 Å². The van der Waals surface area contributed by atoms with Gasteiger partial charge < -0.3 is 4.90 Å². The van der Waals surface area contributed by atoms with Crippen LogP contribution in [0.15, 0.2) is 58.9 Å². The molecule has 0 N–H and O–H groups in total. The SMILES string of the molecule is Cc1cc2c(s1)SC=c1cccnc1=C2N1CCN(C)C(CCc2ccccc2)C1. The Kier molecular flexibility index (Phi) is 5.68. The Bertz CT molecular complexity index is 1150. The Labute approximate surface area is 186 Å². The van der Waals surface area contributed by atoms with Crippen LogP contribution in [-0.2, 0) is 6.42 Å². The molecule has 5 heteroatoms. The molecule has 0 amide bonds. The van der Waals surface area contributed by atoms with Crippen molar-refractivity contribution in [1.82, 2.24) is 14.8 Å². The summed E-state index contributed by atoms with van der Waals surface area (Å²) in [5, 5.41) is 4.64. The van der Waals surface area contributed by atoms with Gasteiger partial charge in [-0.2, -0.15) is 0 Å². The normalized spacial score (nSPS) is 19.1. The first kappa shape index (κ1) is 19.9. The monoisotopic (exact) mass is 433 g/mol. The van der Waals surface area contributed by atoms with Gasteiger partial charge in [-0.3, -0.25) is 9.88 Å². The van der Waals surface area contributed by atoms with Crippen molar-refractivity contribution in [2.24, 2.45) is 0 Å². The standard InChI is InChI=1S/C25H27N3S2/c1-18-15-22-24(23-20(9-6-12-26-23)17-29-25(22)30-18)28-14-13-27(2)21(16-28)11-10-19-7-4-3-5-8-19/h3-9,12,15,17,21H,10-11,13-14,16H2,1-2H3. The molecule has 1 saturated heterocycles. The second kappa shape index (κ2) is 8.58. The van der Waals surface area contributed by atoms with E-state index in [-0.39, 0.29) is 0 Å². The molecule has 2 aromatic heterocycles. The Morgan fingerprint density at radius 2 is 1.97 bits per heavy atom. The number of hydrogen-bond donors (Lipinski definition) is 0. The van der Waals surface area contributed by atoms with Crippen molar-refractivity contribution < 1.29 is 0 Å². The maximum atomic E-state index is 4.85. The van der Waals surface area contributed by atoms with E-state index in [0.717, 1.165) is 31.4 Å². The number of aryl methyl sites for hydroxylation is 2. The highest BCUT2D eigenvalue weighted by molar-refractivity contribution is 8.08. The van der Waals surface area contributed by atoms with Gasteiger partial charge in [-0.1, -0.05) is 48.2 Å². The number of piperazine rings is 1. The van der Waals surface area contributed by atoms with Crippen LogP contribution < -0.4 is 10.6 Å². The summed E-state index contributed by atoms with van der Waals surface area (Å²) in [6.07, 6.45) is 4.24. The van der Waals surface area contributed by atoms with Crippen LogP contribution in [0.4, 0.5) is 0 Å². The summed E-state index contributed by atoms with van der Waals surface area (Å²) in [5.74, 6) is 0. The van der Waals surface area contributed by atoms with Crippen molar-refractivity contribution in [3.05, 3.63) is 81.3 Å². The number of pyridine rings is 1. The number of fused-ring (bicyclic) bond motifs is 2. The van der Waals surface area contributed by atoms with Crippen LogP contribution in [0, 0.1) is 6.92 Å². The molecule has 5 rings (SSSR count). The van der Waals surface area contributed by atoms with Gasteiger partial charge in [-0.15, -0.1) is 11.3 Å². The average molecular weight is 434 g/mol. The van der Waals surface area contributed by atoms with Gasteiger partial charge in [0.05, 0.1) is 15.3 Å². The average Bonchev–Trinajstić information content (AvgIpc) is 3.07. The number of benzene rings is 1. The lowest BCUT2D eigenvalue weighted by Gasteiger charge is -2.41. The summed E-state index contributed by atoms with van der Waals surface area (Å²) >= 11 is 3.74. The summed E-state index contributed by atoms with van der Waals surface area (Å²) in [5.41, 5.74) is 4.12. The molecule has 1 atom stereocenters. The molecule has 3 aromatic rings. The summed E-state index contributed by atoms with van der Waals surface area (Å²) in [6, 6.07) is 18.0. The maximum Gasteiger partial charge on any atom is 0.0947 e. The first-order valence-corrected chi connectivity index (χ1v) is 12.3. The first-order chi connectivity index (χ1) is 14.7. The third-order valence-corrected chi connectivity index (χ3v) is 8.32. The summed E-state index contributed by atoms with van der Waals surface area (Å²) in [4.78, 5) is 11.4. The minimum atomic E-state index is 0.543. The van der Waals surface area contributed by atoms with Crippen LogP contribution >= 0.6 is 23.1 Å². The second-order valence-corrected chi connectivity index (χ2v) is 10.6. The van der Waals surface area contributed by atoms with Crippen LogP contribution in [0.5, 0.6) is 0 Å². The van der Waals surface area contributed by atoms with Crippen molar-refractivity contribution in [1.29, 1.82) is 0 Å². The zero-order valence-corrected chi connectivity index (χ0v) is 19.2. The molecule has 4 heterocycles. The fourth-order valence-electron chi connectivity index (χ4n) is 4.46. The second-order valence-electron chi connectivity index (χ2n) is 8.19. The van der Waals surface area contributed by atoms with Crippen molar-refractivity contribution in [3.63, 3.8) is 0 Å². The maximum absolute atomic E-state index is 4.85. The van der Waals surface area contributed by atoms with E-state index >= 15 is 0 Å². The molecule has 1 aromatic carbocycles. The fraction of sp³-hybridized carbons (Fsp3) is 0.320. The Hall–Kier alpha value is -2.08. The molecule has 0 radical (unpaired) electrons. The summed E-state index contributed by atoms with van der Waals surface area (Å²) < 4.78 is 1.39. The van der Waals surface area contributed by atoms with Crippen LogP contribution in [0.1, 0.15) is 22.4 Å². The lowest BCUT2D eigenvalue weighted by atomic mass is 10.0. The summed E-state index contributed by atoms with van der Waals surface area (Å²) in [7, 11) is 2.28.